The maximum absolute atomic E-state index is 11.2. The molecule has 1 aromatic rings. The van der Waals surface area contributed by atoms with Crippen molar-refractivity contribution in [2.75, 3.05) is 18.1 Å². The van der Waals surface area contributed by atoms with Crippen LogP contribution in [0.5, 0.6) is 0 Å². The number of rotatable bonds is 5. The monoisotopic (exact) mass is 272 g/mol. The second-order valence-corrected chi connectivity index (χ2v) is 5.94. The van der Waals surface area contributed by atoms with Gasteiger partial charge in [-0.25, -0.2) is 4.79 Å². The molecule has 0 bridgehead atoms. The largest absolute Gasteiger partial charge is 0.476 e. The summed E-state index contributed by atoms with van der Waals surface area (Å²) in [6.07, 6.45) is 3.29. The number of carbonyl (C=O) groups is 1. The fraction of sp³-hybridized carbons (Fsp3) is 0.700. The van der Waals surface area contributed by atoms with Crippen molar-refractivity contribution < 1.29 is 14.1 Å². The molecule has 0 atom stereocenters. The summed E-state index contributed by atoms with van der Waals surface area (Å²) in [5, 5.41) is 19.3. The van der Waals surface area contributed by atoms with Crippen LogP contribution in [0.15, 0.2) is 6.20 Å². The molecule has 0 aliphatic carbocycles. The predicted molar refractivity (Wildman–Crippen MR) is 65.9 cm³/mol. The number of hydrogen-bond donors (Lipinski definition) is 2. The molecular weight excluding hydrogens is 256 g/mol. The summed E-state index contributed by atoms with van der Waals surface area (Å²) in [7, 11) is -0.637. The molecule has 1 fully saturated rings. The lowest BCUT2D eigenvalue weighted by Crippen LogP contribution is -2.37. The molecule has 2 rings (SSSR count). The molecule has 8 heteroatoms. The third-order valence-electron chi connectivity index (χ3n) is 2.92. The molecule has 7 nitrogen and oxygen atoms in total. The Hall–Kier alpha value is -1.28. The van der Waals surface area contributed by atoms with Crippen LogP contribution in [0.1, 0.15) is 23.3 Å². The first-order valence-electron chi connectivity index (χ1n) is 5.87. The smallest absolute Gasteiger partial charge is 0.358 e. The van der Waals surface area contributed by atoms with E-state index in [1.54, 1.807) is 0 Å². The van der Waals surface area contributed by atoms with E-state index in [-0.39, 0.29) is 5.69 Å². The molecule has 2 N–H and O–H groups in total. The van der Waals surface area contributed by atoms with Crippen molar-refractivity contribution in [3.05, 3.63) is 11.9 Å². The SMILES string of the molecule is O=C(O)c1cn(CCNC2CCS(=O)CC2)nn1. The Balaban J connectivity index is 1.71. The number of carboxylic acid groups (broad SMARTS) is 1. The van der Waals surface area contributed by atoms with Gasteiger partial charge in [0.1, 0.15) is 0 Å². The molecule has 0 aromatic carbocycles. The molecule has 1 aliphatic rings. The van der Waals surface area contributed by atoms with Crippen LogP contribution in [0.4, 0.5) is 0 Å². The van der Waals surface area contributed by atoms with Gasteiger partial charge in [-0.1, -0.05) is 5.21 Å². The van der Waals surface area contributed by atoms with Crippen LogP contribution in [-0.4, -0.2) is 54.4 Å². The Morgan fingerprint density at radius 1 is 1.56 bits per heavy atom. The summed E-state index contributed by atoms with van der Waals surface area (Å²) in [6.45, 7) is 1.29. The summed E-state index contributed by atoms with van der Waals surface area (Å²) in [6, 6.07) is 0.408. The molecule has 18 heavy (non-hydrogen) atoms. The van der Waals surface area contributed by atoms with Crippen LogP contribution in [0, 0.1) is 0 Å². The third-order valence-corrected chi connectivity index (χ3v) is 4.30. The van der Waals surface area contributed by atoms with Crippen molar-refractivity contribution in [1.29, 1.82) is 0 Å². The van der Waals surface area contributed by atoms with Crippen LogP contribution in [-0.2, 0) is 17.3 Å². The lowest BCUT2D eigenvalue weighted by Gasteiger charge is -2.22. The van der Waals surface area contributed by atoms with E-state index in [4.69, 9.17) is 5.11 Å². The summed E-state index contributed by atoms with van der Waals surface area (Å²) in [5.41, 5.74) is -0.0388. The molecule has 0 unspecified atom stereocenters. The van der Waals surface area contributed by atoms with Gasteiger partial charge in [0.25, 0.3) is 0 Å². The van der Waals surface area contributed by atoms with Crippen LogP contribution < -0.4 is 5.32 Å². The second-order valence-electron chi connectivity index (χ2n) is 4.25. The number of carboxylic acids is 1. The molecule has 0 spiro atoms. The van der Waals surface area contributed by atoms with Gasteiger partial charge in [-0.05, 0) is 12.8 Å². The van der Waals surface area contributed by atoms with E-state index in [0.717, 1.165) is 24.3 Å². The highest BCUT2D eigenvalue weighted by molar-refractivity contribution is 7.85. The minimum Gasteiger partial charge on any atom is -0.476 e. The van der Waals surface area contributed by atoms with Gasteiger partial charge in [-0.15, -0.1) is 5.10 Å². The van der Waals surface area contributed by atoms with E-state index in [0.29, 0.717) is 19.1 Å². The van der Waals surface area contributed by atoms with Gasteiger partial charge in [0.2, 0.25) is 0 Å². The lowest BCUT2D eigenvalue weighted by atomic mass is 10.1. The average molecular weight is 272 g/mol. The Kier molecular flexibility index (Phi) is 4.43. The molecule has 1 saturated heterocycles. The highest BCUT2D eigenvalue weighted by Crippen LogP contribution is 2.08. The highest BCUT2D eigenvalue weighted by Gasteiger charge is 2.16. The van der Waals surface area contributed by atoms with E-state index in [9.17, 15) is 9.00 Å². The Morgan fingerprint density at radius 2 is 2.28 bits per heavy atom. The molecule has 0 radical (unpaired) electrons. The summed E-state index contributed by atoms with van der Waals surface area (Å²) < 4.78 is 12.7. The number of aromatic nitrogens is 3. The van der Waals surface area contributed by atoms with Crippen molar-refractivity contribution in [1.82, 2.24) is 20.3 Å². The van der Waals surface area contributed by atoms with Gasteiger partial charge in [0.15, 0.2) is 5.69 Å². The zero-order chi connectivity index (χ0) is 13.0. The Bertz CT molecular complexity index is 438. The predicted octanol–water partition coefficient (Wildman–Crippen LogP) is -0.523. The van der Waals surface area contributed by atoms with E-state index in [1.165, 1.54) is 10.9 Å². The van der Waals surface area contributed by atoms with E-state index in [1.807, 2.05) is 0 Å². The Morgan fingerprint density at radius 3 is 2.89 bits per heavy atom. The molecule has 100 valence electrons. The number of nitrogens with one attached hydrogen (secondary N) is 1. The molecular formula is C10H16N4O3S. The fourth-order valence-corrected chi connectivity index (χ4v) is 3.19. The van der Waals surface area contributed by atoms with Crippen molar-refractivity contribution in [2.24, 2.45) is 0 Å². The van der Waals surface area contributed by atoms with Crippen LogP contribution in [0.25, 0.3) is 0 Å². The van der Waals surface area contributed by atoms with E-state index < -0.39 is 16.8 Å². The minimum absolute atomic E-state index is 0.0388. The standard InChI is InChI=1S/C10H16N4O3S/c15-10(16)9-7-14(13-12-9)4-3-11-8-1-5-18(17)6-2-8/h7-8,11H,1-6H2,(H,15,16). The maximum Gasteiger partial charge on any atom is 0.358 e. The topological polar surface area (TPSA) is 97.1 Å². The number of aromatic carboxylic acids is 1. The van der Waals surface area contributed by atoms with Crippen molar-refractivity contribution in [3.63, 3.8) is 0 Å². The molecule has 1 aliphatic heterocycles. The summed E-state index contributed by atoms with van der Waals surface area (Å²) >= 11 is 0. The van der Waals surface area contributed by atoms with Gasteiger partial charge < -0.3 is 10.4 Å². The van der Waals surface area contributed by atoms with Gasteiger partial charge in [-0.2, -0.15) is 0 Å². The fourth-order valence-electron chi connectivity index (χ4n) is 1.89. The maximum atomic E-state index is 11.2. The highest BCUT2D eigenvalue weighted by atomic mass is 32.2. The second kappa shape index (κ2) is 6.05. The van der Waals surface area contributed by atoms with Gasteiger partial charge in [-0.3, -0.25) is 8.89 Å². The minimum atomic E-state index is -1.07. The molecule has 1 aromatic heterocycles. The normalized spacial score (nSPS) is 24.0. The van der Waals surface area contributed by atoms with Crippen molar-refractivity contribution in [3.8, 4) is 0 Å². The zero-order valence-electron chi connectivity index (χ0n) is 9.91. The van der Waals surface area contributed by atoms with E-state index in [2.05, 4.69) is 15.6 Å². The van der Waals surface area contributed by atoms with E-state index >= 15 is 0 Å². The van der Waals surface area contributed by atoms with Crippen LogP contribution in [0.2, 0.25) is 0 Å². The first kappa shape index (κ1) is 13.2. The van der Waals surface area contributed by atoms with Crippen molar-refractivity contribution in [2.45, 2.75) is 25.4 Å². The van der Waals surface area contributed by atoms with Crippen molar-refractivity contribution >= 4 is 16.8 Å². The quantitative estimate of drug-likeness (QED) is 0.748. The molecule has 0 amide bonds. The number of hydrogen-bond acceptors (Lipinski definition) is 5. The third kappa shape index (κ3) is 3.61. The van der Waals surface area contributed by atoms with Gasteiger partial charge in [0.05, 0.1) is 12.7 Å². The van der Waals surface area contributed by atoms with Crippen LogP contribution in [0.3, 0.4) is 0 Å². The first-order valence-corrected chi connectivity index (χ1v) is 7.36. The summed E-state index contributed by atoms with van der Waals surface area (Å²) in [4.78, 5) is 10.6. The number of nitrogens with zero attached hydrogens (tertiary/aromatic N) is 3. The molecule has 0 saturated carbocycles. The molecule has 2 heterocycles. The van der Waals surface area contributed by atoms with Crippen LogP contribution >= 0.6 is 0 Å². The summed E-state index contributed by atoms with van der Waals surface area (Å²) in [5.74, 6) is 0.470. The van der Waals surface area contributed by atoms with Gasteiger partial charge >= 0.3 is 5.97 Å². The zero-order valence-corrected chi connectivity index (χ0v) is 10.7. The Labute approximate surface area is 107 Å². The average Bonchev–Trinajstić information content (AvgIpc) is 2.81. The lowest BCUT2D eigenvalue weighted by molar-refractivity contribution is 0.0690. The first-order chi connectivity index (χ1) is 8.65. The van der Waals surface area contributed by atoms with Gasteiger partial charge in [0, 0.05) is 34.9 Å².